The van der Waals surface area contributed by atoms with Crippen LogP contribution >= 0.6 is 0 Å². The Morgan fingerprint density at radius 2 is 1.83 bits per heavy atom. The van der Waals surface area contributed by atoms with Crippen LogP contribution in [0.5, 0.6) is 5.75 Å². The van der Waals surface area contributed by atoms with E-state index in [-0.39, 0.29) is 60.3 Å². The first-order valence-electron chi connectivity index (χ1n) is 15.0. The molecule has 1 heterocycles. The van der Waals surface area contributed by atoms with E-state index in [0.29, 0.717) is 18.9 Å². The first-order chi connectivity index (χ1) is 19.4. The molecule has 1 aliphatic carbocycles. The van der Waals surface area contributed by atoms with Gasteiger partial charge in [0.2, 0.25) is 15.9 Å². The zero-order chi connectivity index (χ0) is 30.2. The minimum absolute atomic E-state index is 0.0581. The fraction of sp³-hybridized carbons (Fsp3) is 0.733. The number of nitrogens with one attached hydrogen (secondary N) is 1. The van der Waals surface area contributed by atoms with Crippen LogP contribution in [-0.2, 0) is 19.6 Å². The zero-order valence-electron chi connectivity index (χ0n) is 25.3. The van der Waals surface area contributed by atoms with Crippen molar-refractivity contribution in [1.82, 2.24) is 9.80 Å². The molecule has 2 amide bonds. The third kappa shape index (κ3) is 9.85. The Bertz CT molecular complexity index is 1120. The lowest BCUT2D eigenvalue weighted by Gasteiger charge is -2.36. The van der Waals surface area contributed by atoms with E-state index in [9.17, 15) is 23.1 Å². The molecule has 0 bridgehead atoms. The van der Waals surface area contributed by atoms with E-state index < -0.39 is 16.1 Å². The third-order valence-corrected chi connectivity index (χ3v) is 8.75. The molecule has 1 aromatic rings. The number of benzene rings is 1. The Morgan fingerprint density at radius 1 is 1.15 bits per heavy atom. The van der Waals surface area contributed by atoms with Crippen molar-refractivity contribution < 1.29 is 32.6 Å². The highest BCUT2D eigenvalue weighted by molar-refractivity contribution is 7.92. The average Bonchev–Trinajstić information content (AvgIpc) is 2.93. The number of amides is 2. The zero-order valence-corrected chi connectivity index (χ0v) is 26.1. The molecule has 1 saturated carbocycles. The summed E-state index contributed by atoms with van der Waals surface area (Å²) in [6, 6.07) is 4.17. The van der Waals surface area contributed by atoms with Crippen LogP contribution in [-0.4, -0.2) is 93.0 Å². The number of ether oxygens (including phenoxy) is 2. The molecule has 0 unspecified atom stereocenters. The highest BCUT2D eigenvalue weighted by atomic mass is 32.2. The smallest absolute Gasteiger partial charge is 0.258 e. The second-order valence-corrected chi connectivity index (χ2v) is 13.7. The van der Waals surface area contributed by atoms with E-state index in [1.807, 2.05) is 20.9 Å². The van der Waals surface area contributed by atoms with Crippen LogP contribution < -0.4 is 9.46 Å². The van der Waals surface area contributed by atoms with E-state index in [4.69, 9.17) is 9.47 Å². The number of nitrogens with zero attached hydrogens (tertiary/aromatic N) is 2. The van der Waals surface area contributed by atoms with Crippen molar-refractivity contribution in [3.05, 3.63) is 23.8 Å². The third-order valence-electron chi connectivity index (χ3n) is 8.14. The number of sulfonamides is 1. The SMILES string of the molecule is C[C@@H]1CCCCO[C@@H](CN(C)C(=O)C2CCCCC2)[C@@H](C)CN([C@H](C)CO)C(=O)c2cc(NS(C)(=O)=O)ccc2O1. The van der Waals surface area contributed by atoms with Crippen molar-refractivity contribution in [3.8, 4) is 5.75 Å². The average molecular weight is 596 g/mol. The molecule has 10 nitrogen and oxygen atoms in total. The van der Waals surface area contributed by atoms with E-state index in [1.54, 1.807) is 28.9 Å². The maximum absolute atomic E-state index is 14.1. The van der Waals surface area contributed by atoms with Gasteiger partial charge in [0.15, 0.2) is 0 Å². The molecule has 1 fully saturated rings. The summed E-state index contributed by atoms with van der Waals surface area (Å²) in [5.74, 6) is 0.0514. The lowest BCUT2D eigenvalue weighted by atomic mass is 9.88. The predicted molar refractivity (Wildman–Crippen MR) is 160 cm³/mol. The number of rotatable bonds is 7. The van der Waals surface area contributed by atoms with Gasteiger partial charge in [-0.05, 0) is 64.2 Å². The second kappa shape index (κ2) is 15.2. The first-order valence-corrected chi connectivity index (χ1v) is 16.9. The number of aliphatic hydroxyl groups is 1. The highest BCUT2D eigenvalue weighted by Gasteiger charge is 2.32. The summed E-state index contributed by atoms with van der Waals surface area (Å²) in [6.07, 6.45) is 8.21. The van der Waals surface area contributed by atoms with E-state index in [0.717, 1.165) is 51.2 Å². The molecular weight excluding hydrogens is 546 g/mol. The molecule has 2 aliphatic rings. The van der Waals surface area contributed by atoms with Gasteiger partial charge >= 0.3 is 0 Å². The molecule has 11 heteroatoms. The fourth-order valence-electron chi connectivity index (χ4n) is 5.68. The van der Waals surface area contributed by atoms with Crippen molar-refractivity contribution in [2.24, 2.45) is 11.8 Å². The number of hydrogen-bond acceptors (Lipinski definition) is 7. The maximum Gasteiger partial charge on any atom is 0.258 e. The lowest BCUT2D eigenvalue weighted by molar-refractivity contribution is -0.137. The molecule has 41 heavy (non-hydrogen) atoms. The van der Waals surface area contributed by atoms with Gasteiger partial charge in [-0.25, -0.2) is 8.42 Å². The van der Waals surface area contributed by atoms with Gasteiger partial charge in [-0.1, -0.05) is 26.2 Å². The largest absolute Gasteiger partial charge is 0.490 e. The van der Waals surface area contributed by atoms with Crippen LogP contribution in [0.4, 0.5) is 5.69 Å². The van der Waals surface area contributed by atoms with Crippen molar-refractivity contribution in [1.29, 1.82) is 0 Å². The highest BCUT2D eigenvalue weighted by Crippen LogP contribution is 2.29. The predicted octanol–water partition coefficient (Wildman–Crippen LogP) is 3.89. The van der Waals surface area contributed by atoms with Crippen LogP contribution in [0.1, 0.15) is 82.5 Å². The van der Waals surface area contributed by atoms with Crippen molar-refractivity contribution >= 4 is 27.5 Å². The number of likely N-dealkylation sites (N-methyl/N-ethyl adjacent to an activating group) is 1. The number of carbonyl (C=O) groups is 2. The summed E-state index contributed by atoms with van der Waals surface area (Å²) in [5.41, 5.74) is 0.475. The van der Waals surface area contributed by atoms with E-state index in [2.05, 4.69) is 4.72 Å². The molecule has 0 radical (unpaired) electrons. The van der Waals surface area contributed by atoms with Crippen LogP contribution in [0.3, 0.4) is 0 Å². The van der Waals surface area contributed by atoms with Crippen LogP contribution in [0.25, 0.3) is 0 Å². The quantitative estimate of drug-likeness (QED) is 0.490. The number of fused-ring (bicyclic) bond motifs is 1. The first kappa shape index (κ1) is 33.1. The Hall–Kier alpha value is -2.37. The lowest BCUT2D eigenvalue weighted by Crippen LogP contribution is -2.48. The molecule has 0 saturated heterocycles. The minimum Gasteiger partial charge on any atom is -0.490 e. The van der Waals surface area contributed by atoms with Gasteiger partial charge in [0.1, 0.15) is 5.75 Å². The number of hydrogen-bond donors (Lipinski definition) is 2. The van der Waals surface area contributed by atoms with Crippen molar-refractivity contribution in [2.75, 3.05) is 44.3 Å². The standard InChI is InChI=1S/C30H49N3O7S/c1-21-18-33(22(2)20-34)30(36)26-17-25(31-41(5,37)38)14-15-27(26)40-23(3)11-9-10-16-39-28(21)19-32(4)29(35)24-12-7-6-8-13-24/h14-15,17,21-24,28,31,34H,6-13,16,18-20H2,1-5H3/t21-,22+,23+,28-/m0/s1. The van der Waals surface area contributed by atoms with Gasteiger partial charge in [-0.3, -0.25) is 14.3 Å². The van der Waals surface area contributed by atoms with Gasteiger partial charge in [-0.15, -0.1) is 0 Å². The fourth-order valence-corrected chi connectivity index (χ4v) is 6.24. The van der Waals surface area contributed by atoms with Gasteiger partial charge in [0.05, 0.1) is 36.7 Å². The summed E-state index contributed by atoms with van der Waals surface area (Å²) in [5, 5.41) is 10.1. The molecule has 1 aromatic carbocycles. The molecule has 4 atom stereocenters. The van der Waals surface area contributed by atoms with Gasteiger partial charge < -0.3 is 24.4 Å². The molecular formula is C30H49N3O7S. The Morgan fingerprint density at radius 3 is 2.49 bits per heavy atom. The minimum atomic E-state index is -3.56. The summed E-state index contributed by atoms with van der Waals surface area (Å²) in [4.78, 5) is 30.7. The molecule has 1 aliphatic heterocycles. The Labute approximate surface area is 245 Å². The van der Waals surface area contributed by atoms with Crippen molar-refractivity contribution in [3.63, 3.8) is 0 Å². The Balaban J connectivity index is 1.92. The topological polar surface area (TPSA) is 125 Å². The number of aliphatic hydroxyl groups excluding tert-OH is 1. The summed E-state index contributed by atoms with van der Waals surface area (Å²) < 4.78 is 38.8. The number of anilines is 1. The van der Waals surface area contributed by atoms with Crippen LogP contribution in [0.15, 0.2) is 18.2 Å². The molecule has 0 aromatic heterocycles. The summed E-state index contributed by atoms with van der Waals surface area (Å²) in [6.45, 7) is 6.69. The molecule has 0 spiro atoms. The molecule has 3 rings (SSSR count). The summed E-state index contributed by atoms with van der Waals surface area (Å²) >= 11 is 0. The summed E-state index contributed by atoms with van der Waals surface area (Å²) in [7, 11) is -1.73. The maximum atomic E-state index is 14.1. The normalized spacial score (nSPS) is 24.5. The van der Waals surface area contributed by atoms with E-state index in [1.165, 1.54) is 12.5 Å². The van der Waals surface area contributed by atoms with E-state index >= 15 is 0 Å². The van der Waals surface area contributed by atoms with Crippen LogP contribution in [0, 0.1) is 11.8 Å². The molecule has 2 N–H and O–H groups in total. The van der Waals surface area contributed by atoms with Gasteiger partial charge in [0.25, 0.3) is 5.91 Å². The second-order valence-electron chi connectivity index (χ2n) is 11.9. The number of carbonyl (C=O) groups excluding carboxylic acids is 2. The molecule has 232 valence electrons. The van der Waals surface area contributed by atoms with Gasteiger partial charge in [-0.2, -0.15) is 0 Å². The van der Waals surface area contributed by atoms with Crippen LogP contribution in [0.2, 0.25) is 0 Å². The Kier molecular flexibility index (Phi) is 12.3. The monoisotopic (exact) mass is 595 g/mol. The van der Waals surface area contributed by atoms with Crippen molar-refractivity contribution in [2.45, 2.75) is 90.4 Å². The van der Waals surface area contributed by atoms with Gasteiger partial charge in [0, 0.05) is 44.3 Å².